The standard InChI is InChI=1S/C26H23Cl2N3O3S/c1-12-30-23(24(35-12)17-5-2-6-19(27)22(17)28)26(33)31-14(8-13-9-20(13)31)10-15-11-18-16(25(29)32)4-3-7-21(18)34-15/h2-7,13-15,20H,8-11H2,1H3,(H2,29,32)/t13-,14+,15?,20+/m1/s1. The van der Waals surface area contributed by atoms with Crippen molar-refractivity contribution in [3.05, 3.63) is 68.3 Å². The number of fused-ring (bicyclic) bond motifs is 2. The highest BCUT2D eigenvalue weighted by molar-refractivity contribution is 7.15. The molecule has 2 aromatic carbocycles. The number of thiazole rings is 1. The van der Waals surface area contributed by atoms with Crippen LogP contribution in [0.3, 0.4) is 0 Å². The van der Waals surface area contributed by atoms with Crippen LogP contribution >= 0.6 is 34.5 Å². The SMILES string of the molecule is Cc1nc(C(=O)N2[C@H](CC3Cc4c(cccc4C(N)=O)O3)C[C@@H]3C[C@@H]32)c(-c2cccc(Cl)c2Cl)s1. The number of aromatic nitrogens is 1. The summed E-state index contributed by atoms with van der Waals surface area (Å²) in [6.45, 7) is 1.89. The number of likely N-dealkylation sites (tertiary alicyclic amines) is 1. The molecule has 3 aliphatic rings. The fraction of sp³-hybridized carbons (Fsp3) is 0.346. The first kappa shape index (κ1) is 22.8. The Bertz CT molecular complexity index is 1370. The number of piperidine rings is 1. The summed E-state index contributed by atoms with van der Waals surface area (Å²) >= 11 is 14.2. The third kappa shape index (κ3) is 3.90. The maximum atomic E-state index is 13.9. The number of amides is 2. The zero-order valence-corrected chi connectivity index (χ0v) is 21.3. The fourth-order valence-corrected chi connectivity index (χ4v) is 7.04. The molecule has 2 amide bonds. The van der Waals surface area contributed by atoms with Gasteiger partial charge < -0.3 is 15.4 Å². The summed E-state index contributed by atoms with van der Waals surface area (Å²) in [5.41, 5.74) is 8.08. The number of hydrogen-bond acceptors (Lipinski definition) is 5. The molecule has 1 unspecified atom stereocenters. The molecule has 3 heterocycles. The number of rotatable bonds is 5. The number of halogens is 2. The van der Waals surface area contributed by atoms with E-state index in [1.807, 2.05) is 30.0 Å². The Hall–Kier alpha value is -2.61. The van der Waals surface area contributed by atoms with E-state index < -0.39 is 5.91 Å². The number of aryl methyl sites for hydroxylation is 1. The van der Waals surface area contributed by atoms with Crippen LogP contribution in [0.1, 0.15) is 50.7 Å². The number of ether oxygens (including phenoxy) is 1. The third-order valence-electron chi connectivity index (χ3n) is 7.24. The lowest BCUT2D eigenvalue weighted by atomic mass is 9.97. The molecular weight excluding hydrogens is 505 g/mol. The summed E-state index contributed by atoms with van der Waals surface area (Å²) in [6.07, 6.45) is 3.17. The molecule has 0 bridgehead atoms. The molecule has 1 aromatic heterocycles. The molecule has 0 spiro atoms. The van der Waals surface area contributed by atoms with Crippen molar-refractivity contribution in [3.8, 4) is 16.2 Å². The van der Waals surface area contributed by atoms with Gasteiger partial charge in [-0.3, -0.25) is 9.59 Å². The Morgan fingerprint density at radius 2 is 2.00 bits per heavy atom. The summed E-state index contributed by atoms with van der Waals surface area (Å²) in [7, 11) is 0. The summed E-state index contributed by atoms with van der Waals surface area (Å²) < 4.78 is 6.18. The van der Waals surface area contributed by atoms with Gasteiger partial charge >= 0.3 is 0 Å². The number of primary amides is 1. The molecule has 180 valence electrons. The number of nitrogens with two attached hydrogens (primary N) is 1. The summed E-state index contributed by atoms with van der Waals surface area (Å²) in [5.74, 6) is 0.715. The van der Waals surface area contributed by atoms with Gasteiger partial charge in [0.25, 0.3) is 5.91 Å². The highest BCUT2D eigenvalue weighted by Crippen LogP contribution is 2.51. The number of carbonyl (C=O) groups is 2. The van der Waals surface area contributed by atoms with E-state index >= 15 is 0 Å². The number of carbonyl (C=O) groups excluding carboxylic acids is 2. The van der Waals surface area contributed by atoms with Crippen molar-refractivity contribution in [2.24, 2.45) is 11.7 Å². The quantitative estimate of drug-likeness (QED) is 0.473. The summed E-state index contributed by atoms with van der Waals surface area (Å²) in [6, 6.07) is 11.1. The van der Waals surface area contributed by atoms with Crippen molar-refractivity contribution in [1.82, 2.24) is 9.88 Å². The second kappa shape index (κ2) is 8.50. The maximum Gasteiger partial charge on any atom is 0.274 e. The van der Waals surface area contributed by atoms with Crippen LogP contribution in [0.25, 0.3) is 10.4 Å². The van der Waals surface area contributed by atoms with E-state index in [9.17, 15) is 9.59 Å². The molecular formula is C26H23Cl2N3O3S. The lowest BCUT2D eigenvalue weighted by Crippen LogP contribution is -2.41. The second-order valence-electron chi connectivity index (χ2n) is 9.50. The summed E-state index contributed by atoms with van der Waals surface area (Å²) in [4.78, 5) is 33.2. The van der Waals surface area contributed by atoms with Crippen molar-refractivity contribution in [3.63, 3.8) is 0 Å². The molecule has 6 nitrogen and oxygen atoms in total. The zero-order valence-electron chi connectivity index (χ0n) is 19.0. The highest BCUT2D eigenvalue weighted by atomic mass is 35.5. The molecule has 2 aliphatic heterocycles. The van der Waals surface area contributed by atoms with Gasteiger partial charge in [0, 0.05) is 41.6 Å². The maximum absolute atomic E-state index is 13.9. The molecule has 4 atom stereocenters. The van der Waals surface area contributed by atoms with E-state index in [0.717, 1.165) is 33.9 Å². The van der Waals surface area contributed by atoms with Gasteiger partial charge in [0.05, 0.1) is 19.9 Å². The molecule has 1 saturated carbocycles. The average molecular weight is 528 g/mol. The van der Waals surface area contributed by atoms with E-state index in [0.29, 0.717) is 45.8 Å². The first-order chi connectivity index (χ1) is 16.8. The minimum Gasteiger partial charge on any atom is -0.490 e. The van der Waals surface area contributed by atoms with Crippen LogP contribution < -0.4 is 10.5 Å². The highest BCUT2D eigenvalue weighted by Gasteiger charge is 2.55. The van der Waals surface area contributed by atoms with Crippen LogP contribution in [0.2, 0.25) is 10.0 Å². The van der Waals surface area contributed by atoms with Crippen LogP contribution in [-0.2, 0) is 6.42 Å². The van der Waals surface area contributed by atoms with Crippen LogP contribution in [0.15, 0.2) is 36.4 Å². The van der Waals surface area contributed by atoms with Gasteiger partial charge in [-0.15, -0.1) is 11.3 Å². The Balaban J connectivity index is 1.27. The molecule has 2 N–H and O–H groups in total. The Labute approximate surface area is 217 Å². The van der Waals surface area contributed by atoms with Gasteiger partial charge in [-0.25, -0.2) is 4.98 Å². The Morgan fingerprint density at radius 1 is 1.20 bits per heavy atom. The number of hydrogen-bond donors (Lipinski definition) is 1. The van der Waals surface area contributed by atoms with E-state index in [-0.39, 0.29) is 24.1 Å². The fourth-order valence-electron chi connectivity index (χ4n) is 5.64. The van der Waals surface area contributed by atoms with Crippen molar-refractivity contribution < 1.29 is 14.3 Å². The number of nitrogens with zero attached hydrogens (tertiary/aromatic N) is 2. The van der Waals surface area contributed by atoms with Crippen molar-refractivity contribution in [1.29, 1.82) is 0 Å². The van der Waals surface area contributed by atoms with Gasteiger partial charge in [0.1, 0.15) is 17.5 Å². The van der Waals surface area contributed by atoms with Crippen LogP contribution in [-0.4, -0.2) is 39.9 Å². The first-order valence-corrected chi connectivity index (χ1v) is 13.2. The van der Waals surface area contributed by atoms with E-state index in [1.165, 1.54) is 11.3 Å². The van der Waals surface area contributed by atoms with Crippen LogP contribution in [0.5, 0.6) is 5.75 Å². The zero-order chi connectivity index (χ0) is 24.4. The van der Waals surface area contributed by atoms with Gasteiger partial charge in [-0.05, 0) is 43.9 Å². The predicted molar refractivity (Wildman–Crippen MR) is 136 cm³/mol. The molecule has 1 saturated heterocycles. The lowest BCUT2D eigenvalue weighted by Gasteiger charge is -2.29. The minimum absolute atomic E-state index is 0.0484. The van der Waals surface area contributed by atoms with Crippen LogP contribution in [0.4, 0.5) is 0 Å². The van der Waals surface area contributed by atoms with Gasteiger partial charge in [-0.1, -0.05) is 41.4 Å². The smallest absolute Gasteiger partial charge is 0.274 e. The van der Waals surface area contributed by atoms with Crippen LogP contribution in [0, 0.1) is 12.8 Å². The van der Waals surface area contributed by atoms with Gasteiger partial charge in [0.15, 0.2) is 0 Å². The third-order valence-corrected chi connectivity index (χ3v) is 9.06. The second-order valence-corrected chi connectivity index (χ2v) is 11.5. The molecule has 2 fully saturated rings. The topological polar surface area (TPSA) is 85.5 Å². The Kier molecular flexibility index (Phi) is 5.55. The molecule has 1 aliphatic carbocycles. The summed E-state index contributed by atoms with van der Waals surface area (Å²) in [5, 5.41) is 1.68. The average Bonchev–Trinajstić information content (AvgIpc) is 3.14. The van der Waals surface area contributed by atoms with Gasteiger partial charge in [0.2, 0.25) is 5.91 Å². The van der Waals surface area contributed by atoms with Crippen molar-refractivity contribution in [2.75, 3.05) is 0 Å². The number of benzene rings is 2. The van der Waals surface area contributed by atoms with Gasteiger partial charge in [-0.2, -0.15) is 0 Å². The first-order valence-electron chi connectivity index (χ1n) is 11.6. The van der Waals surface area contributed by atoms with E-state index in [1.54, 1.807) is 18.2 Å². The monoisotopic (exact) mass is 527 g/mol. The predicted octanol–water partition coefficient (Wildman–Crippen LogP) is 5.52. The van der Waals surface area contributed by atoms with E-state index in [2.05, 4.69) is 4.98 Å². The minimum atomic E-state index is -0.448. The van der Waals surface area contributed by atoms with E-state index in [4.69, 9.17) is 33.7 Å². The normalized spacial score (nSPS) is 24.1. The molecule has 3 aromatic rings. The van der Waals surface area contributed by atoms with Crippen molar-refractivity contribution >= 4 is 46.4 Å². The lowest BCUT2D eigenvalue weighted by molar-refractivity contribution is 0.0647. The molecule has 0 radical (unpaired) electrons. The molecule has 35 heavy (non-hydrogen) atoms. The Morgan fingerprint density at radius 3 is 2.80 bits per heavy atom. The molecule has 9 heteroatoms. The van der Waals surface area contributed by atoms with Crippen molar-refractivity contribution in [2.45, 2.75) is 50.8 Å². The molecule has 6 rings (SSSR count). The largest absolute Gasteiger partial charge is 0.490 e.